The summed E-state index contributed by atoms with van der Waals surface area (Å²) < 4.78 is 31.2. The maximum Gasteiger partial charge on any atom is 0.261 e. The largest absolute Gasteiger partial charge is 0.497 e. The summed E-state index contributed by atoms with van der Waals surface area (Å²) in [6.07, 6.45) is 0.781. The molecule has 7 nitrogen and oxygen atoms in total. The van der Waals surface area contributed by atoms with Crippen LogP contribution < -0.4 is 10.2 Å². The molecule has 144 valence electrons. The number of carbonyl (C=O) groups is 1. The van der Waals surface area contributed by atoms with E-state index in [1.807, 2.05) is 48.5 Å². The summed E-state index contributed by atoms with van der Waals surface area (Å²) in [6, 6.07) is 14.3. The fraction of sp³-hybridized carbons (Fsp3) is 0.316. The van der Waals surface area contributed by atoms with Gasteiger partial charge in [-0.15, -0.1) is 0 Å². The van der Waals surface area contributed by atoms with Crippen LogP contribution in [-0.4, -0.2) is 42.7 Å². The first-order chi connectivity index (χ1) is 12.9. The number of hydrogen-bond acceptors (Lipinski definition) is 5. The van der Waals surface area contributed by atoms with Crippen LogP contribution in [0, 0.1) is 0 Å². The van der Waals surface area contributed by atoms with Crippen molar-refractivity contribution in [1.82, 2.24) is 9.79 Å². The minimum Gasteiger partial charge on any atom is -0.497 e. The van der Waals surface area contributed by atoms with Crippen LogP contribution in [0.15, 0.2) is 48.5 Å². The number of ether oxygens (including phenoxy) is 1. The molecule has 0 radical (unpaired) electrons. The Kier molecular flexibility index (Phi) is 5.79. The van der Waals surface area contributed by atoms with E-state index in [4.69, 9.17) is 9.94 Å². The van der Waals surface area contributed by atoms with Crippen molar-refractivity contribution in [3.8, 4) is 16.9 Å². The van der Waals surface area contributed by atoms with Crippen LogP contribution in [0.5, 0.6) is 5.75 Å². The van der Waals surface area contributed by atoms with Crippen LogP contribution in [0.3, 0.4) is 0 Å². The molecule has 1 saturated heterocycles. The van der Waals surface area contributed by atoms with Crippen LogP contribution in [0.2, 0.25) is 0 Å². The molecule has 1 aliphatic rings. The highest BCUT2D eigenvalue weighted by Gasteiger charge is 2.38. The van der Waals surface area contributed by atoms with Crippen molar-refractivity contribution in [1.29, 1.82) is 0 Å². The van der Waals surface area contributed by atoms with Crippen molar-refractivity contribution in [2.45, 2.75) is 25.4 Å². The molecule has 0 aliphatic carbocycles. The monoisotopic (exact) mass is 390 g/mol. The number of nitrogens with one attached hydrogen (secondary N) is 1. The first-order valence-corrected chi connectivity index (χ1v) is 10.2. The third-order valence-electron chi connectivity index (χ3n) is 4.71. The summed E-state index contributed by atoms with van der Waals surface area (Å²) in [6.45, 7) is 0.0866. The summed E-state index contributed by atoms with van der Waals surface area (Å²) in [5, 5.41) is 8.91. The molecular weight excluding hydrogens is 368 g/mol. The van der Waals surface area contributed by atoms with Gasteiger partial charge in [0.15, 0.2) is 0 Å². The van der Waals surface area contributed by atoms with Crippen LogP contribution in [0.1, 0.15) is 18.4 Å². The van der Waals surface area contributed by atoms with Gasteiger partial charge in [0.1, 0.15) is 11.8 Å². The van der Waals surface area contributed by atoms with Crippen molar-refractivity contribution >= 4 is 15.9 Å². The molecule has 0 spiro atoms. The summed E-state index contributed by atoms with van der Waals surface area (Å²) in [7, 11) is -1.93. The molecule has 2 N–H and O–H groups in total. The van der Waals surface area contributed by atoms with E-state index in [1.54, 1.807) is 12.6 Å². The lowest BCUT2D eigenvalue weighted by atomic mass is 10.0. The van der Waals surface area contributed by atoms with Crippen LogP contribution in [0.25, 0.3) is 11.1 Å². The molecule has 1 atom stereocenters. The number of nitrogens with zero attached hydrogens (tertiary/aromatic N) is 1. The lowest BCUT2D eigenvalue weighted by Crippen LogP contribution is -2.51. The van der Waals surface area contributed by atoms with Gasteiger partial charge in [0.25, 0.3) is 5.91 Å². The second-order valence-electron chi connectivity index (χ2n) is 6.42. The van der Waals surface area contributed by atoms with E-state index < -0.39 is 22.0 Å². The van der Waals surface area contributed by atoms with Gasteiger partial charge in [0, 0.05) is 6.54 Å². The number of carbonyl (C=O) groups excluding carboxylic acids is 1. The molecule has 0 aromatic heterocycles. The third kappa shape index (κ3) is 4.29. The SMILES string of the molecule is COc1ccc(-c2ccc(CN3[C@@H](C(=O)NO)CCCS3(=O)=O)cc2)cc1. The third-order valence-corrected chi connectivity index (χ3v) is 6.62. The van der Waals surface area contributed by atoms with Gasteiger partial charge < -0.3 is 4.74 Å². The van der Waals surface area contributed by atoms with Crippen molar-refractivity contribution in [3.05, 3.63) is 54.1 Å². The van der Waals surface area contributed by atoms with E-state index in [-0.39, 0.29) is 12.3 Å². The van der Waals surface area contributed by atoms with E-state index in [9.17, 15) is 13.2 Å². The van der Waals surface area contributed by atoms with Crippen LogP contribution in [-0.2, 0) is 21.4 Å². The molecule has 1 aliphatic heterocycles. The van der Waals surface area contributed by atoms with Gasteiger partial charge in [-0.25, -0.2) is 13.9 Å². The number of amides is 1. The molecule has 2 aromatic carbocycles. The molecule has 0 bridgehead atoms. The zero-order valence-corrected chi connectivity index (χ0v) is 15.8. The zero-order chi connectivity index (χ0) is 19.4. The van der Waals surface area contributed by atoms with E-state index in [0.29, 0.717) is 12.8 Å². The predicted molar refractivity (Wildman–Crippen MR) is 101 cm³/mol. The molecule has 0 saturated carbocycles. The standard InChI is InChI=1S/C19H22N2O5S/c1-26-17-10-8-16(9-11-17)15-6-4-14(5-7-15)13-21-18(19(22)20-23)3-2-12-27(21,24)25/h4-11,18,23H,2-3,12-13H2,1H3,(H,20,22)/t18-/m1/s1. The highest BCUT2D eigenvalue weighted by atomic mass is 32.2. The zero-order valence-electron chi connectivity index (χ0n) is 15.0. The number of hydroxylamine groups is 1. The fourth-order valence-electron chi connectivity index (χ4n) is 3.23. The Morgan fingerprint density at radius 2 is 1.74 bits per heavy atom. The highest BCUT2D eigenvalue weighted by molar-refractivity contribution is 7.89. The van der Waals surface area contributed by atoms with Crippen molar-refractivity contribution < 1.29 is 23.2 Å². The van der Waals surface area contributed by atoms with Crippen LogP contribution in [0.4, 0.5) is 0 Å². The Morgan fingerprint density at radius 1 is 1.15 bits per heavy atom. The Hall–Kier alpha value is -2.42. The summed E-state index contributed by atoms with van der Waals surface area (Å²) in [5.41, 5.74) is 4.36. The second kappa shape index (κ2) is 8.08. The molecular formula is C19H22N2O5S. The lowest BCUT2D eigenvalue weighted by molar-refractivity contribution is -0.133. The molecule has 1 amide bonds. The van der Waals surface area contributed by atoms with E-state index in [2.05, 4.69) is 0 Å². The minimum atomic E-state index is -3.55. The fourth-order valence-corrected chi connectivity index (χ4v) is 4.93. The van der Waals surface area contributed by atoms with Gasteiger partial charge in [0.2, 0.25) is 10.0 Å². The van der Waals surface area contributed by atoms with Crippen molar-refractivity contribution in [2.24, 2.45) is 0 Å². The molecule has 2 aromatic rings. The van der Waals surface area contributed by atoms with Crippen molar-refractivity contribution in [2.75, 3.05) is 12.9 Å². The molecule has 1 fully saturated rings. The number of methoxy groups -OCH3 is 1. The van der Waals surface area contributed by atoms with Gasteiger partial charge in [-0.3, -0.25) is 10.0 Å². The van der Waals surface area contributed by atoms with E-state index in [0.717, 1.165) is 22.4 Å². The first kappa shape index (κ1) is 19.3. The maximum absolute atomic E-state index is 12.4. The lowest BCUT2D eigenvalue weighted by Gasteiger charge is -2.33. The average molecular weight is 390 g/mol. The minimum absolute atomic E-state index is 0.00609. The van der Waals surface area contributed by atoms with Gasteiger partial charge in [0.05, 0.1) is 12.9 Å². The van der Waals surface area contributed by atoms with Crippen LogP contribution >= 0.6 is 0 Å². The van der Waals surface area contributed by atoms with Crippen molar-refractivity contribution in [3.63, 3.8) is 0 Å². The summed E-state index contributed by atoms with van der Waals surface area (Å²) in [4.78, 5) is 11.9. The highest BCUT2D eigenvalue weighted by Crippen LogP contribution is 2.26. The van der Waals surface area contributed by atoms with Gasteiger partial charge in [-0.05, 0) is 41.7 Å². The number of rotatable bonds is 5. The molecule has 0 unspecified atom stereocenters. The number of hydrogen-bond donors (Lipinski definition) is 2. The molecule has 3 rings (SSSR count). The van der Waals surface area contributed by atoms with E-state index in [1.165, 1.54) is 4.31 Å². The number of benzene rings is 2. The summed E-state index contributed by atoms with van der Waals surface area (Å²) in [5.74, 6) is 0.0820. The average Bonchev–Trinajstić information content (AvgIpc) is 2.69. The Bertz CT molecular complexity index is 895. The molecule has 1 heterocycles. The predicted octanol–water partition coefficient (Wildman–Crippen LogP) is 2.16. The topological polar surface area (TPSA) is 95.9 Å². The smallest absolute Gasteiger partial charge is 0.261 e. The Labute approximate surface area is 158 Å². The molecule has 8 heteroatoms. The number of sulfonamides is 1. The Morgan fingerprint density at radius 3 is 2.30 bits per heavy atom. The quantitative estimate of drug-likeness (QED) is 0.603. The van der Waals surface area contributed by atoms with Gasteiger partial charge >= 0.3 is 0 Å². The van der Waals surface area contributed by atoms with Gasteiger partial charge in [-0.2, -0.15) is 4.31 Å². The van der Waals surface area contributed by atoms with E-state index >= 15 is 0 Å². The Balaban J connectivity index is 1.80. The maximum atomic E-state index is 12.4. The normalized spacial score (nSPS) is 19.4. The second-order valence-corrected chi connectivity index (χ2v) is 8.46. The summed E-state index contributed by atoms with van der Waals surface area (Å²) >= 11 is 0. The van der Waals surface area contributed by atoms with Gasteiger partial charge in [-0.1, -0.05) is 36.4 Å². The molecule has 27 heavy (non-hydrogen) atoms. The first-order valence-electron chi connectivity index (χ1n) is 8.61.